The summed E-state index contributed by atoms with van der Waals surface area (Å²) in [6.45, 7) is 2.90. The van der Waals surface area contributed by atoms with E-state index >= 15 is 0 Å². The molecular weight excluding hydrogens is 325 g/mol. The molecule has 25 heavy (non-hydrogen) atoms. The fourth-order valence-electron chi connectivity index (χ4n) is 3.22. The van der Waals surface area contributed by atoms with Crippen molar-refractivity contribution in [3.63, 3.8) is 0 Å². The number of nitrogen functional groups attached to an aromatic ring is 1. The van der Waals surface area contributed by atoms with Crippen LogP contribution in [0.25, 0.3) is 10.9 Å². The van der Waals surface area contributed by atoms with E-state index in [-0.39, 0.29) is 18.8 Å². The number of aromatic nitrogens is 3. The average molecular weight is 347 g/mol. The number of hydrogen-bond acceptors (Lipinski definition) is 6. The number of rotatable bonds is 6. The molecule has 2 aromatic heterocycles. The maximum Gasteiger partial charge on any atom is 0.226 e. The number of fused-ring (bicyclic) bond motifs is 1. The van der Waals surface area contributed by atoms with Crippen molar-refractivity contribution in [3.8, 4) is 11.9 Å². The van der Waals surface area contributed by atoms with Crippen LogP contribution in [0, 0.1) is 11.3 Å². The summed E-state index contributed by atoms with van der Waals surface area (Å²) in [4.78, 5) is 4.25. The van der Waals surface area contributed by atoms with Gasteiger partial charge in [-0.1, -0.05) is 13.3 Å². The van der Waals surface area contributed by atoms with E-state index in [1.165, 1.54) is 0 Å². The Bertz CT molecular complexity index is 787. The molecule has 1 saturated heterocycles. The fraction of sp³-hybridized carbons (Fsp3) is 0.588. The van der Waals surface area contributed by atoms with Crippen molar-refractivity contribution < 1.29 is 13.9 Å². The Kier molecular flexibility index (Phi) is 5.04. The molecule has 0 aliphatic carbocycles. The summed E-state index contributed by atoms with van der Waals surface area (Å²) in [5.41, 5.74) is 5.63. The third kappa shape index (κ3) is 3.00. The van der Waals surface area contributed by atoms with Crippen LogP contribution in [0.4, 0.5) is 10.2 Å². The van der Waals surface area contributed by atoms with Gasteiger partial charge in [-0.15, -0.1) is 0 Å². The van der Waals surface area contributed by atoms with Gasteiger partial charge in [0.1, 0.15) is 17.1 Å². The van der Waals surface area contributed by atoms with Gasteiger partial charge in [0.2, 0.25) is 5.88 Å². The van der Waals surface area contributed by atoms with Crippen molar-refractivity contribution in [1.29, 1.82) is 5.26 Å². The Labute approximate surface area is 145 Å². The molecule has 2 aromatic rings. The van der Waals surface area contributed by atoms with Gasteiger partial charge in [-0.05, 0) is 18.9 Å². The summed E-state index contributed by atoms with van der Waals surface area (Å²) in [6.07, 6.45) is 2.48. The third-order valence-corrected chi connectivity index (χ3v) is 4.66. The molecule has 2 atom stereocenters. The normalized spacial score (nSPS) is 23.5. The maximum absolute atomic E-state index is 14.8. The number of halogens is 1. The van der Waals surface area contributed by atoms with Crippen molar-refractivity contribution in [1.82, 2.24) is 14.8 Å². The number of hydrogen-bond donors (Lipinski definition) is 1. The molecule has 0 spiro atoms. The van der Waals surface area contributed by atoms with Crippen LogP contribution < -0.4 is 10.5 Å². The summed E-state index contributed by atoms with van der Waals surface area (Å²) in [5.74, 6) is 0.620. The van der Waals surface area contributed by atoms with Crippen LogP contribution in [0.1, 0.15) is 32.6 Å². The first-order valence-electron chi connectivity index (χ1n) is 8.49. The lowest BCUT2D eigenvalue weighted by Crippen LogP contribution is -2.49. The van der Waals surface area contributed by atoms with Gasteiger partial charge in [-0.2, -0.15) is 10.4 Å². The highest BCUT2D eigenvalue weighted by Crippen LogP contribution is 2.39. The van der Waals surface area contributed by atoms with E-state index in [1.54, 1.807) is 16.9 Å². The van der Waals surface area contributed by atoms with E-state index in [9.17, 15) is 9.65 Å². The summed E-state index contributed by atoms with van der Waals surface area (Å²) in [5, 5.41) is 14.2. The first-order chi connectivity index (χ1) is 12.1. The Morgan fingerprint density at radius 1 is 1.60 bits per heavy atom. The molecule has 0 unspecified atom stereocenters. The first kappa shape index (κ1) is 17.4. The largest absolute Gasteiger partial charge is 0.477 e. The topological polar surface area (TPSA) is 99.0 Å². The number of alkyl halides is 1. The van der Waals surface area contributed by atoms with Crippen LogP contribution in [-0.2, 0) is 10.3 Å². The van der Waals surface area contributed by atoms with Crippen molar-refractivity contribution in [2.75, 3.05) is 25.6 Å². The Morgan fingerprint density at radius 3 is 3.16 bits per heavy atom. The second kappa shape index (κ2) is 7.23. The second-order valence-corrected chi connectivity index (χ2v) is 6.24. The zero-order chi connectivity index (χ0) is 17.9. The SMILES string of the molecule is CCCCOc1nccc2c1c(N)nn2[C@]1(CC#N)CCOC[C@@H]1F. The molecule has 0 radical (unpaired) electrons. The highest BCUT2D eigenvalue weighted by molar-refractivity contribution is 5.93. The van der Waals surface area contributed by atoms with Crippen LogP contribution in [0.5, 0.6) is 5.88 Å². The lowest BCUT2D eigenvalue weighted by atomic mass is 9.85. The predicted octanol–water partition coefficient (Wildman–Crippen LogP) is 2.56. The molecule has 134 valence electrons. The number of ether oxygens (including phenoxy) is 2. The number of nitrogens with zero attached hydrogens (tertiary/aromatic N) is 4. The summed E-state index contributed by atoms with van der Waals surface area (Å²) >= 11 is 0. The third-order valence-electron chi connectivity index (χ3n) is 4.66. The minimum atomic E-state index is -1.35. The molecule has 0 bridgehead atoms. The minimum absolute atomic E-state index is 0.0118. The van der Waals surface area contributed by atoms with E-state index in [2.05, 4.69) is 23.1 Å². The molecule has 3 rings (SSSR count). The van der Waals surface area contributed by atoms with Crippen LogP contribution >= 0.6 is 0 Å². The van der Waals surface area contributed by atoms with Gasteiger partial charge in [0.25, 0.3) is 0 Å². The minimum Gasteiger partial charge on any atom is -0.477 e. The molecule has 1 aliphatic rings. The molecule has 1 aliphatic heterocycles. The van der Waals surface area contributed by atoms with Gasteiger partial charge in [-0.3, -0.25) is 4.68 Å². The van der Waals surface area contributed by atoms with E-state index < -0.39 is 11.7 Å². The quantitative estimate of drug-likeness (QED) is 0.806. The lowest BCUT2D eigenvalue weighted by molar-refractivity contribution is -0.0511. The van der Waals surface area contributed by atoms with Crippen LogP contribution in [-0.4, -0.2) is 40.8 Å². The maximum atomic E-state index is 14.8. The molecule has 8 heteroatoms. The Balaban J connectivity index is 2.10. The second-order valence-electron chi connectivity index (χ2n) is 6.24. The van der Waals surface area contributed by atoms with E-state index in [0.717, 1.165) is 12.8 Å². The van der Waals surface area contributed by atoms with Crippen molar-refractivity contribution >= 4 is 16.7 Å². The van der Waals surface area contributed by atoms with E-state index in [1.807, 2.05) is 0 Å². The zero-order valence-electron chi connectivity index (χ0n) is 14.2. The predicted molar refractivity (Wildman–Crippen MR) is 90.9 cm³/mol. The monoisotopic (exact) mass is 347 g/mol. The highest BCUT2D eigenvalue weighted by atomic mass is 19.1. The van der Waals surface area contributed by atoms with E-state index in [0.29, 0.717) is 36.4 Å². The van der Waals surface area contributed by atoms with Crippen molar-refractivity contribution in [3.05, 3.63) is 12.3 Å². The molecule has 1 fully saturated rings. The summed E-state index contributed by atoms with van der Waals surface area (Å²) < 4.78 is 27.3. The lowest BCUT2D eigenvalue weighted by Gasteiger charge is -2.38. The Morgan fingerprint density at radius 2 is 2.44 bits per heavy atom. The smallest absolute Gasteiger partial charge is 0.226 e. The first-order valence-corrected chi connectivity index (χ1v) is 8.49. The molecule has 3 heterocycles. The van der Waals surface area contributed by atoms with Gasteiger partial charge < -0.3 is 15.2 Å². The van der Waals surface area contributed by atoms with Crippen LogP contribution in [0.2, 0.25) is 0 Å². The number of unbranched alkanes of at least 4 members (excludes halogenated alkanes) is 1. The molecule has 0 saturated carbocycles. The molecule has 0 aromatic carbocycles. The average Bonchev–Trinajstić information content (AvgIpc) is 2.96. The molecule has 7 nitrogen and oxygen atoms in total. The van der Waals surface area contributed by atoms with Gasteiger partial charge in [-0.25, -0.2) is 9.37 Å². The van der Waals surface area contributed by atoms with Gasteiger partial charge in [0.15, 0.2) is 5.82 Å². The molecule has 0 amide bonds. The molecular formula is C17H22FN5O2. The zero-order valence-corrected chi connectivity index (χ0v) is 14.2. The van der Waals surface area contributed by atoms with Crippen molar-refractivity contribution in [2.45, 2.75) is 44.3 Å². The van der Waals surface area contributed by atoms with E-state index in [4.69, 9.17) is 15.2 Å². The van der Waals surface area contributed by atoms with Crippen LogP contribution in [0.3, 0.4) is 0 Å². The van der Waals surface area contributed by atoms with Gasteiger partial charge in [0.05, 0.1) is 31.2 Å². The molecule has 2 N–H and O–H groups in total. The number of pyridine rings is 1. The van der Waals surface area contributed by atoms with Crippen LogP contribution in [0.15, 0.2) is 12.3 Å². The number of nitriles is 1. The standard InChI is InChI=1S/C17H22FN5O2/c1-2-3-9-25-16-14-12(4-8-21-16)23(22-15(14)20)17(5-7-19)6-10-24-11-13(17)18/h4,8,13H,2-3,5-6,9-11H2,1H3,(H2,20,22)/t13-,17+/m0/s1. The fourth-order valence-corrected chi connectivity index (χ4v) is 3.22. The van der Waals surface area contributed by atoms with Crippen molar-refractivity contribution in [2.24, 2.45) is 0 Å². The number of anilines is 1. The Hall–Kier alpha value is -2.40. The van der Waals surface area contributed by atoms with Gasteiger partial charge >= 0.3 is 0 Å². The van der Waals surface area contributed by atoms with Gasteiger partial charge in [0, 0.05) is 12.8 Å². The summed E-state index contributed by atoms with van der Waals surface area (Å²) in [7, 11) is 0. The highest BCUT2D eigenvalue weighted by Gasteiger charge is 2.46. The summed E-state index contributed by atoms with van der Waals surface area (Å²) in [6, 6.07) is 3.82. The number of nitrogens with two attached hydrogens (primary N) is 1.